The number of aromatic nitrogens is 3. The number of nitrogen functional groups attached to an aromatic ring is 1. The van der Waals surface area contributed by atoms with Gasteiger partial charge in [0.05, 0.1) is 63.9 Å². The van der Waals surface area contributed by atoms with E-state index in [4.69, 9.17) is 33.7 Å². The van der Waals surface area contributed by atoms with Crippen LogP contribution in [0.3, 0.4) is 0 Å². The molecule has 0 aliphatic rings. The number of aliphatic hydroxyl groups excluding tert-OH is 1. The molecular formula is C22H33N4O9P. The number of aryl methyl sites for hydroxylation is 1. The number of benzene rings is 1. The van der Waals surface area contributed by atoms with Gasteiger partial charge in [-0.25, -0.2) is 14.5 Å². The number of nitrogens with zero attached hydrogens (tertiary/aromatic N) is 3. The number of imidazole rings is 1. The summed E-state index contributed by atoms with van der Waals surface area (Å²) in [6.45, 7) is 3.75. The second kappa shape index (κ2) is 13.8. The van der Waals surface area contributed by atoms with Gasteiger partial charge >= 0.3 is 7.82 Å². The fourth-order valence-corrected chi connectivity index (χ4v) is 4.18. The Kier molecular flexibility index (Phi) is 10.8. The van der Waals surface area contributed by atoms with Crippen LogP contribution in [0.4, 0.5) is 5.82 Å². The summed E-state index contributed by atoms with van der Waals surface area (Å²) in [6, 6.07) is 5.29. The van der Waals surface area contributed by atoms with Crippen LogP contribution in [0.2, 0.25) is 0 Å². The molecule has 3 aromatic rings. The zero-order valence-corrected chi connectivity index (χ0v) is 21.3. The lowest BCUT2D eigenvalue weighted by Crippen LogP contribution is -2.12. The third-order valence-corrected chi connectivity index (χ3v) is 6.10. The summed E-state index contributed by atoms with van der Waals surface area (Å²) >= 11 is 0. The van der Waals surface area contributed by atoms with Crippen LogP contribution < -0.4 is 10.5 Å². The van der Waals surface area contributed by atoms with E-state index in [1.807, 2.05) is 17.6 Å². The molecule has 36 heavy (non-hydrogen) atoms. The fourth-order valence-electron chi connectivity index (χ4n) is 3.49. The van der Waals surface area contributed by atoms with Gasteiger partial charge in [0, 0.05) is 25.1 Å². The third-order valence-electron chi connectivity index (χ3n) is 5.08. The van der Waals surface area contributed by atoms with Crippen LogP contribution >= 0.6 is 7.82 Å². The van der Waals surface area contributed by atoms with Gasteiger partial charge < -0.3 is 39.2 Å². The van der Waals surface area contributed by atoms with Crippen molar-refractivity contribution in [2.24, 2.45) is 0 Å². The smallest absolute Gasteiger partial charge is 0.472 e. The predicted octanol–water partition coefficient (Wildman–Crippen LogP) is 1.66. The number of ether oxygens (including phenoxy) is 4. The van der Waals surface area contributed by atoms with E-state index in [1.54, 1.807) is 19.2 Å². The lowest BCUT2D eigenvalue weighted by molar-refractivity contribution is 0.0140. The maximum absolute atomic E-state index is 12.0. The van der Waals surface area contributed by atoms with Crippen molar-refractivity contribution in [2.45, 2.75) is 13.5 Å². The normalized spacial score (nSPS) is 13.4. The Morgan fingerprint density at radius 1 is 1.00 bits per heavy atom. The lowest BCUT2D eigenvalue weighted by atomic mass is 10.1. The Bertz CT molecular complexity index is 1170. The van der Waals surface area contributed by atoms with Crippen molar-refractivity contribution in [3.05, 3.63) is 24.0 Å². The molecule has 200 valence electrons. The van der Waals surface area contributed by atoms with E-state index in [9.17, 15) is 14.6 Å². The molecule has 3 rings (SSSR count). The van der Waals surface area contributed by atoms with Crippen LogP contribution in [0.1, 0.15) is 5.82 Å². The molecule has 2 heterocycles. The minimum absolute atomic E-state index is 0.00795. The van der Waals surface area contributed by atoms with Crippen molar-refractivity contribution >= 4 is 35.6 Å². The molecule has 0 aliphatic heterocycles. The van der Waals surface area contributed by atoms with Crippen molar-refractivity contribution in [3.63, 3.8) is 0 Å². The molecule has 0 spiro atoms. The highest BCUT2D eigenvalue weighted by molar-refractivity contribution is 7.47. The zero-order valence-electron chi connectivity index (χ0n) is 20.4. The van der Waals surface area contributed by atoms with Crippen LogP contribution in [0.25, 0.3) is 21.9 Å². The largest absolute Gasteiger partial charge is 0.491 e. The molecule has 0 saturated heterocycles. The van der Waals surface area contributed by atoms with Crippen molar-refractivity contribution < 1.29 is 42.6 Å². The van der Waals surface area contributed by atoms with Crippen LogP contribution in [0.5, 0.6) is 5.75 Å². The summed E-state index contributed by atoms with van der Waals surface area (Å²) in [4.78, 5) is 18.7. The summed E-state index contributed by atoms with van der Waals surface area (Å²) in [5.74, 6) is 1.49. The van der Waals surface area contributed by atoms with Gasteiger partial charge in [-0.1, -0.05) is 0 Å². The van der Waals surface area contributed by atoms with Gasteiger partial charge in [-0.3, -0.25) is 9.05 Å². The molecule has 1 atom stereocenters. The SMILES string of the molecule is COCCOCCOCCOP(=O)(O)OCCOc1ccc2c(c1)nc(N)c1nc(C)n(CCO)c12. The first-order valence-corrected chi connectivity index (χ1v) is 12.9. The zero-order chi connectivity index (χ0) is 26.0. The Balaban J connectivity index is 1.45. The number of fused-ring (bicyclic) bond motifs is 3. The predicted molar refractivity (Wildman–Crippen MR) is 132 cm³/mol. The number of aliphatic hydroxyl groups is 1. The highest BCUT2D eigenvalue weighted by Gasteiger charge is 2.21. The number of rotatable bonds is 17. The Labute approximate surface area is 208 Å². The van der Waals surface area contributed by atoms with Gasteiger partial charge in [0.15, 0.2) is 5.82 Å². The molecule has 1 unspecified atom stereocenters. The van der Waals surface area contributed by atoms with E-state index >= 15 is 0 Å². The molecule has 0 radical (unpaired) electrons. The van der Waals surface area contributed by atoms with Gasteiger partial charge in [-0.15, -0.1) is 0 Å². The minimum atomic E-state index is -4.23. The van der Waals surface area contributed by atoms with E-state index in [0.717, 1.165) is 16.7 Å². The first kappa shape index (κ1) is 28.2. The van der Waals surface area contributed by atoms with Crippen LogP contribution in [0.15, 0.2) is 18.2 Å². The summed E-state index contributed by atoms with van der Waals surface area (Å²) in [5, 5.41) is 10.2. The van der Waals surface area contributed by atoms with Crippen molar-refractivity contribution in [3.8, 4) is 5.75 Å². The molecule has 2 aromatic heterocycles. The quantitative estimate of drug-likeness (QED) is 0.171. The molecule has 1 aromatic carbocycles. The number of methoxy groups -OCH3 is 1. The number of hydrogen-bond acceptors (Lipinski definition) is 11. The molecule has 0 fully saturated rings. The number of hydrogen-bond donors (Lipinski definition) is 3. The molecular weight excluding hydrogens is 495 g/mol. The van der Waals surface area contributed by atoms with Gasteiger partial charge in [-0.2, -0.15) is 0 Å². The first-order chi connectivity index (χ1) is 17.4. The van der Waals surface area contributed by atoms with Crippen LogP contribution in [-0.2, 0) is 34.4 Å². The Hall–Kier alpha value is -2.35. The fraction of sp³-hybridized carbons (Fsp3) is 0.545. The van der Waals surface area contributed by atoms with Crippen molar-refractivity contribution in [1.82, 2.24) is 14.5 Å². The maximum Gasteiger partial charge on any atom is 0.472 e. The molecule has 0 saturated carbocycles. The maximum atomic E-state index is 12.0. The average Bonchev–Trinajstić information content (AvgIpc) is 3.18. The van der Waals surface area contributed by atoms with Gasteiger partial charge in [-0.05, 0) is 19.1 Å². The number of phosphoric ester groups is 1. The summed E-state index contributed by atoms with van der Waals surface area (Å²) in [6.07, 6.45) is 0. The second-order valence-electron chi connectivity index (χ2n) is 7.61. The topological polar surface area (TPSA) is 170 Å². The lowest BCUT2D eigenvalue weighted by Gasteiger charge is -2.13. The number of pyridine rings is 1. The second-order valence-corrected chi connectivity index (χ2v) is 9.06. The molecule has 13 nitrogen and oxygen atoms in total. The van der Waals surface area contributed by atoms with E-state index in [2.05, 4.69) is 9.97 Å². The van der Waals surface area contributed by atoms with Crippen molar-refractivity contribution in [2.75, 3.05) is 72.3 Å². The summed E-state index contributed by atoms with van der Waals surface area (Å²) in [5.41, 5.74) is 8.07. The van der Waals surface area contributed by atoms with Gasteiger partial charge in [0.1, 0.15) is 23.7 Å². The number of nitrogens with two attached hydrogens (primary N) is 1. The monoisotopic (exact) mass is 528 g/mol. The van der Waals surface area contributed by atoms with E-state index in [0.29, 0.717) is 49.8 Å². The van der Waals surface area contributed by atoms with Crippen molar-refractivity contribution in [1.29, 1.82) is 0 Å². The number of anilines is 1. The van der Waals surface area contributed by atoms with Crippen LogP contribution in [0, 0.1) is 6.92 Å². The highest BCUT2D eigenvalue weighted by atomic mass is 31.2. The molecule has 14 heteroatoms. The first-order valence-electron chi connectivity index (χ1n) is 11.4. The van der Waals surface area contributed by atoms with E-state index < -0.39 is 7.82 Å². The highest BCUT2D eigenvalue weighted by Crippen LogP contribution is 2.42. The Morgan fingerprint density at radius 3 is 2.36 bits per heavy atom. The number of phosphoric acid groups is 1. The minimum Gasteiger partial charge on any atom is -0.491 e. The van der Waals surface area contributed by atoms with Gasteiger partial charge in [0.25, 0.3) is 0 Å². The molecule has 0 bridgehead atoms. The van der Waals surface area contributed by atoms with Gasteiger partial charge in [0.2, 0.25) is 0 Å². The molecule has 0 aliphatic carbocycles. The van der Waals surface area contributed by atoms with E-state index in [-0.39, 0.29) is 38.9 Å². The standard InChI is InChI=1S/C22H33N4O9P/c1-16-24-20-21(26(16)5-6-27)18-4-3-17(15-19(18)25-22(20)23)33-12-14-35-36(28,29)34-13-11-32-10-9-31-8-7-30-2/h3-4,15,27H,5-14H2,1-2H3,(H2,23,25)(H,28,29). The summed E-state index contributed by atoms with van der Waals surface area (Å²) in [7, 11) is -2.65. The average molecular weight is 528 g/mol. The van der Waals surface area contributed by atoms with Crippen LogP contribution in [-0.4, -0.2) is 91.1 Å². The molecule has 4 N–H and O–H groups in total. The summed E-state index contributed by atoms with van der Waals surface area (Å²) < 4.78 is 44.6. The Morgan fingerprint density at radius 2 is 1.67 bits per heavy atom. The third kappa shape index (κ3) is 7.82. The van der Waals surface area contributed by atoms with E-state index in [1.165, 1.54) is 0 Å². The molecule has 0 amide bonds.